The van der Waals surface area contributed by atoms with Crippen LogP contribution in [0.25, 0.3) is 0 Å². The van der Waals surface area contributed by atoms with E-state index in [1.54, 1.807) is 13.8 Å². The Balaban J connectivity index is 2.98. The van der Waals surface area contributed by atoms with Crippen LogP contribution in [0.4, 0.5) is 0 Å². The zero-order chi connectivity index (χ0) is 26.9. The van der Waals surface area contributed by atoms with Gasteiger partial charge in [-0.3, -0.25) is 9.59 Å². The predicted octanol–water partition coefficient (Wildman–Crippen LogP) is 6.11. The molecular formula is C28H47IN2O4. The van der Waals surface area contributed by atoms with Gasteiger partial charge in [0.1, 0.15) is 11.5 Å². The molecule has 0 saturated carbocycles. The summed E-state index contributed by atoms with van der Waals surface area (Å²) in [5, 5.41) is 0. The molecule has 200 valence electrons. The van der Waals surface area contributed by atoms with Crippen molar-refractivity contribution in [1.82, 2.24) is 9.80 Å². The molecule has 0 aliphatic carbocycles. The molecule has 0 fully saturated rings. The Morgan fingerprint density at radius 1 is 0.657 bits per heavy atom. The second kappa shape index (κ2) is 14.9. The van der Waals surface area contributed by atoms with Crippen molar-refractivity contribution in [1.29, 1.82) is 0 Å². The van der Waals surface area contributed by atoms with Gasteiger partial charge in [-0.15, -0.1) is 0 Å². The van der Waals surface area contributed by atoms with Crippen molar-refractivity contribution in [2.45, 2.75) is 81.4 Å². The number of rotatable bonds is 14. The molecule has 6 nitrogen and oxygen atoms in total. The molecule has 0 aliphatic rings. The summed E-state index contributed by atoms with van der Waals surface area (Å²) in [6.45, 7) is 23.3. The van der Waals surface area contributed by atoms with Crippen molar-refractivity contribution in [2.75, 3.05) is 26.2 Å². The summed E-state index contributed by atoms with van der Waals surface area (Å²) < 4.78 is 13.0. The summed E-state index contributed by atoms with van der Waals surface area (Å²) in [5.74, 6) is 2.65. The summed E-state index contributed by atoms with van der Waals surface area (Å²) in [6.07, 6.45) is -1.24. The van der Waals surface area contributed by atoms with E-state index in [4.69, 9.17) is 9.47 Å². The molecule has 0 spiro atoms. The zero-order valence-electron chi connectivity index (χ0n) is 23.4. The lowest BCUT2D eigenvalue weighted by molar-refractivity contribution is -0.139. The highest BCUT2D eigenvalue weighted by atomic mass is 127. The van der Waals surface area contributed by atoms with Crippen molar-refractivity contribution in [2.24, 2.45) is 23.7 Å². The number of amides is 2. The van der Waals surface area contributed by atoms with E-state index in [-0.39, 0.29) is 11.8 Å². The summed E-state index contributed by atoms with van der Waals surface area (Å²) >= 11 is 2.17. The maximum Gasteiger partial charge on any atom is 0.263 e. The SMILES string of the molecule is CC(C)CN(CC(C)C)C(=O)[C@H](C)Oc1cccc(O[C@@H](C)C(=O)N(CC(C)C)CC(C)C)c1I. The van der Waals surface area contributed by atoms with Gasteiger partial charge in [-0.05, 0) is 72.2 Å². The first-order chi connectivity index (χ1) is 16.2. The second-order valence-corrected chi connectivity index (χ2v) is 12.2. The number of ether oxygens (including phenoxy) is 2. The normalized spacial score (nSPS) is 13.3. The summed E-state index contributed by atoms with van der Waals surface area (Å²) in [7, 11) is 0. The van der Waals surface area contributed by atoms with Crippen LogP contribution in [0.2, 0.25) is 0 Å². The van der Waals surface area contributed by atoms with E-state index in [2.05, 4.69) is 78.0 Å². The number of carbonyl (C=O) groups excluding carboxylic acids is 2. The first-order valence-corrected chi connectivity index (χ1v) is 14.0. The van der Waals surface area contributed by atoms with Crippen LogP contribution < -0.4 is 9.47 Å². The molecule has 1 aromatic carbocycles. The van der Waals surface area contributed by atoms with Gasteiger partial charge in [0.2, 0.25) is 0 Å². The molecular weight excluding hydrogens is 555 g/mol. The topological polar surface area (TPSA) is 59.1 Å². The lowest BCUT2D eigenvalue weighted by Crippen LogP contribution is -2.44. The van der Waals surface area contributed by atoms with E-state index in [9.17, 15) is 9.59 Å². The fourth-order valence-corrected chi connectivity index (χ4v) is 4.55. The van der Waals surface area contributed by atoms with Crippen LogP contribution in [0.3, 0.4) is 0 Å². The molecule has 0 aliphatic heterocycles. The first-order valence-electron chi connectivity index (χ1n) is 12.9. The molecule has 1 aromatic rings. The molecule has 0 bridgehead atoms. The van der Waals surface area contributed by atoms with Gasteiger partial charge in [0.05, 0.1) is 3.57 Å². The average Bonchev–Trinajstić information content (AvgIpc) is 2.73. The lowest BCUT2D eigenvalue weighted by Gasteiger charge is -2.30. The van der Waals surface area contributed by atoms with Crippen LogP contribution in [0.15, 0.2) is 18.2 Å². The molecule has 7 heteroatoms. The number of hydrogen-bond donors (Lipinski definition) is 0. The summed E-state index contributed by atoms with van der Waals surface area (Å²) in [5.41, 5.74) is 0. The van der Waals surface area contributed by atoms with Crippen LogP contribution in [-0.4, -0.2) is 60.0 Å². The lowest BCUT2D eigenvalue weighted by atomic mass is 10.1. The fraction of sp³-hybridized carbons (Fsp3) is 0.714. The predicted molar refractivity (Wildman–Crippen MR) is 152 cm³/mol. The summed E-state index contributed by atoms with van der Waals surface area (Å²) in [4.78, 5) is 30.1. The van der Waals surface area contributed by atoms with E-state index in [1.165, 1.54) is 0 Å². The highest BCUT2D eigenvalue weighted by Crippen LogP contribution is 2.32. The third-order valence-electron chi connectivity index (χ3n) is 5.20. The highest BCUT2D eigenvalue weighted by molar-refractivity contribution is 14.1. The number of benzene rings is 1. The van der Waals surface area contributed by atoms with Crippen molar-refractivity contribution in [3.63, 3.8) is 0 Å². The largest absolute Gasteiger partial charge is 0.480 e. The maximum absolute atomic E-state index is 13.1. The molecule has 0 unspecified atom stereocenters. The van der Waals surface area contributed by atoms with Gasteiger partial charge < -0.3 is 19.3 Å². The first kappa shape index (κ1) is 31.5. The summed E-state index contributed by atoms with van der Waals surface area (Å²) in [6, 6.07) is 5.51. The van der Waals surface area contributed by atoms with E-state index in [0.717, 1.165) is 3.57 Å². The third kappa shape index (κ3) is 11.0. The van der Waals surface area contributed by atoms with Crippen molar-refractivity contribution < 1.29 is 19.1 Å². The van der Waals surface area contributed by atoms with Crippen LogP contribution in [0, 0.1) is 27.2 Å². The van der Waals surface area contributed by atoms with Crippen LogP contribution in [-0.2, 0) is 9.59 Å². The van der Waals surface area contributed by atoms with Crippen LogP contribution in [0.1, 0.15) is 69.2 Å². The molecule has 0 heterocycles. The number of carbonyl (C=O) groups is 2. The molecule has 1 rings (SSSR count). The third-order valence-corrected chi connectivity index (χ3v) is 6.26. The second-order valence-electron chi connectivity index (χ2n) is 11.2. The van der Waals surface area contributed by atoms with Gasteiger partial charge in [-0.25, -0.2) is 0 Å². The molecule has 0 saturated heterocycles. The monoisotopic (exact) mass is 602 g/mol. The molecule has 0 aromatic heterocycles. The average molecular weight is 603 g/mol. The number of hydrogen-bond acceptors (Lipinski definition) is 4. The van der Waals surface area contributed by atoms with E-state index < -0.39 is 12.2 Å². The molecule has 0 radical (unpaired) electrons. The van der Waals surface area contributed by atoms with E-state index in [1.807, 2.05) is 28.0 Å². The Bertz CT molecular complexity index is 728. The van der Waals surface area contributed by atoms with Gasteiger partial charge in [-0.1, -0.05) is 61.5 Å². The molecule has 2 atom stereocenters. The molecule has 2 amide bonds. The number of halogens is 1. The standard InChI is InChI=1S/C28H47IN2O4/c1-18(2)14-30(15-19(3)4)27(32)22(9)34-24-12-11-13-25(26(24)29)35-23(10)28(33)31(16-20(5)6)17-21(7)8/h11-13,18-23H,14-17H2,1-10H3/t22-,23-/m0/s1. The maximum atomic E-state index is 13.1. The molecule has 35 heavy (non-hydrogen) atoms. The quantitative estimate of drug-likeness (QED) is 0.241. The minimum Gasteiger partial charge on any atom is -0.480 e. The smallest absolute Gasteiger partial charge is 0.263 e. The zero-order valence-corrected chi connectivity index (χ0v) is 25.6. The van der Waals surface area contributed by atoms with Gasteiger partial charge in [0.25, 0.3) is 11.8 Å². The Morgan fingerprint density at radius 3 is 1.20 bits per heavy atom. The van der Waals surface area contributed by atoms with Crippen LogP contribution >= 0.6 is 22.6 Å². The Hall–Kier alpha value is -1.51. The van der Waals surface area contributed by atoms with Crippen LogP contribution in [0.5, 0.6) is 11.5 Å². The van der Waals surface area contributed by atoms with Crippen molar-refractivity contribution in [3.05, 3.63) is 21.8 Å². The van der Waals surface area contributed by atoms with Gasteiger partial charge >= 0.3 is 0 Å². The van der Waals surface area contributed by atoms with Gasteiger partial charge in [0, 0.05) is 26.2 Å². The van der Waals surface area contributed by atoms with E-state index in [0.29, 0.717) is 61.3 Å². The minimum absolute atomic E-state index is 0.0175. The minimum atomic E-state index is -0.622. The Morgan fingerprint density at radius 2 is 0.943 bits per heavy atom. The van der Waals surface area contributed by atoms with Crippen molar-refractivity contribution >= 4 is 34.4 Å². The Kier molecular flexibility index (Phi) is 13.4. The van der Waals surface area contributed by atoms with E-state index >= 15 is 0 Å². The fourth-order valence-electron chi connectivity index (χ4n) is 3.94. The Labute approximate surface area is 227 Å². The van der Waals surface area contributed by atoms with Gasteiger partial charge in [0.15, 0.2) is 12.2 Å². The van der Waals surface area contributed by atoms with Gasteiger partial charge in [-0.2, -0.15) is 0 Å². The number of nitrogens with zero attached hydrogens (tertiary/aromatic N) is 2. The molecule has 0 N–H and O–H groups in total. The highest BCUT2D eigenvalue weighted by Gasteiger charge is 2.27. The van der Waals surface area contributed by atoms with Crippen molar-refractivity contribution in [3.8, 4) is 11.5 Å².